The quantitative estimate of drug-likeness (QED) is 0.0321. The van der Waals surface area contributed by atoms with Gasteiger partial charge in [-0.2, -0.15) is 0 Å². The second-order valence-corrected chi connectivity index (χ2v) is 20.7. The number of carbonyl (C=O) groups excluding carboxylic acids is 2. The number of hydrogen-bond acceptors (Lipinski definition) is 5. The van der Waals surface area contributed by atoms with Crippen molar-refractivity contribution in [2.45, 2.75) is 341 Å². The minimum atomic E-state index is -0.675. The molecule has 0 saturated heterocycles. The predicted molar refractivity (Wildman–Crippen MR) is 292 cm³/mol. The van der Waals surface area contributed by atoms with Crippen molar-refractivity contribution >= 4 is 11.9 Å². The third-order valence-corrected chi connectivity index (χ3v) is 14.0. The highest BCUT2D eigenvalue weighted by Crippen LogP contribution is 2.17. The highest BCUT2D eigenvalue weighted by molar-refractivity contribution is 5.76. The van der Waals surface area contributed by atoms with Gasteiger partial charge in [0.25, 0.3) is 0 Å². The van der Waals surface area contributed by atoms with Gasteiger partial charge in [-0.25, -0.2) is 0 Å². The summed E-state index contributed by atoms with van der Waals surface area (Å²) in [4.78, 5) is 24.5. The largest absolute Gasteiger partial charge is 0.466 e. The van der Waals surface area contributed by atoms with E-state index in [1.165, 1.54) is 212 Å². The van der Waals surface area contributed by atoms with Gasteiger partial charge in [0.05, 0.1) is 25.4 Å². The third kappa shape index (κ3) is 53.5. The van der Waals surface area contributed by atoms with Crippen molar-refractivity contribution in [3.63, 3.8) is 0 Å². The summed E-state index contributed by atoms with van der Waals surface area (Å²) in [5.74, 6) is -0.0610. The van der Waals surface area contributed by atoms with E-state index in [4.69, 9.17) is 4.74 Å². The number of aliphatic hydroxyl groups is 2. The first-order chi connectivity index (χ1) is 33.0. The molecule has 2 atom stereocenters. The van der Waals surface area contributed by atoms with E-state index in [0.29, 0.717) is 25.9 Å². The van der Waals surface area contributed by atoms with Gasteiger partial charge in [0.2, 0.25) is 5.91 Å². The Morgan fingerprint density at radius 3 is 1.13 bits per heavy atom. The van der Waals surface area contributed by atoms with E-state index < -0.39 is 12.1 Å². The average Bonchev–Trinajstić information content (AvgIpc) is 3.33. The minimum Gasteiger partial charge on any atom is -0.466 e. The first kappa shape index (κ1) is 65.3. The number of rotatable bonds is 56. The van der Waals surface area contributed by atoms with Crippen LogP contribution in [-0.2, 0) is 14.3 Å². The van der Waals surface area contributed by atoms with Crippen molar-refractivity contribution in [3.8, 4) is 0 Å². The van der Waals surface area contributed by atoms with E-state index in [0.717, 1.165) is 83.5 Å². The summed E-state index contributed by atoms with van der Waals surface area (Å²) in [6, 6.07) is -0.554. The van der Waals surface area contributed by atoms with Crippen molar-refractivity contribution in [1.29, 1.82) is 0 Å². The van der Waals surface area contributed by atoms with Crippen LogP contribution in [0.4, 0.5) is 0 Å². The Hall–Kier alpha value is -1.66. The maximum atomic E-state index is 12.5. The lowest BCUT2D eigenvalue weighted by Gasteiger charge is -2.22. The first-order valence-corrected chi connectivity index (χ1v) is 30.1. The van der Waals surface area contributed by atoms with Crippen molar-refractivity contribution in [2.75, 3.05) is 13.2 Å². The lowest BCUT2D eigenvalue weighted by molar-refractivity contribution is -0.143. The molecule has 0 rings (SSSR count). The summed E-state index contributed by atoms with van der Waals surface area (Å²) < 4.78 is 5.45. The van der Waals surface area contributed by atoms with Crippen molar-refractivity contribution in [3.05, 3.63) is 24.3 Å². The first-order valence-electron chi connectivity index (χ1n) is 30.1. The Labute approximate surface area is 418 Å². The van der Waals surface area contributed by atoms with Gasteiger partial charge in [-0.15, -0.1) is 0 Å². The Morgan fingerprint density at radius 1 is 0.418 bits per heavy atom. The molecule has 0 fully saturated rings. The number of unbranched alkanes of at least 4 members (excludes halogenated alkanes) is 41. The molecule has 0 aliphatic carbocycles. The van der Waals surface area contributed by atoms with Gasteiger partial charge in [-0.1, -0.05) is 276 Å². The fourth-order valence-electron chi connectivity index (χ4n) is 9.38. The predicted octanol–water partition coefficient (Wildman–Crippen LogP) is 18.6. The van der Waals surface area contributed by atoms with Crippen LogP contribution in [0.5, 0.6) is 0 Å². The fraction of sp³-hybridized carbons (Fsp3) is 0.902. The van der Waals surface area contributed by atoms with E-state index >= 15 is 0 Å². The zero-order valence-electron chi connectivity index (χ0n) is 45.1. The Kier molecular flexibility index (Phi) is 55.5. The Morgan fingerprint density at radius 2 is 0.746 bits per heavy atom. The molecule has 0 aromatic rings. The molecule has 3 N–H and O–H groups in total. The van der Waals surface area contributed by atoms with E-state index in [1.807, 2.05) is 0 Å². The van der Waals surface area contributed by atoms with Crippen LogP contribution in [0, 0.1) is 0 Å². The molecule has 0 bridgehead atoms. The molecule has 67 heavy (non-hydrogen) atoms. The van der Waals surface area contributed by atoms with Crippen LogP contribution < -0.4 is 5.32 Å². The SMILES string of the molecule is CCCCCCCCCCCCCCCCCCCCCC(O)C(CO)NC(=O)CCCCCCCCC/C=C\C/C=C\CCCCCOC(=O)CCCCCCCCCCCCCCCC. The zero-order chi connectivity index (χ0) is 48.6. The summed E-state index contributed by atoms with van der Waals surface area (Å²) in [5.41, 5.74) is 0. The summed E-state index contributed by atoms with van der Waals surface area (Å²) in [7, 11) is 0. The summed E-state index contributed by atoms with van der Waals surface area (Å²) >= 11 is 0. The van der Waals surface area contributed by atoms with Gasteiger partial charge in [-0.05, 0) is 64.2 Å². The minimum absolute atomic E-state index is 0.0127. The molecule has 0 saturated carbocycles. The number of esters is 1. The van der Waals surface area contributed by atoms with Gasteiger partial charge in [0, 0.05) is 12.8 Å². The molecule has 1 amide bonds. The van der Waals surface area contributed by atoms with Crippen LogP contribution >= 0.6 is 0 Å². The number of amides is 1. The maximum absolute atomic E-state index is 12.5. The molecule has 0 heterocycles. The van der Waals surface area contributed by atoms with Crippen molar-refractivity contribution in [1.82, 2.24) is 5.32 Å². The summed E-state index contributed by atoms with van der Waals surface area (Å²) in [6.45, 7) is 4.93. The molecule has 396 valence electrons. The Balaban J connectivity index is 3.49. The van der Waals surface area contributed by atoms with Gasteiger partial charge in [-0.3, -0.25) is 9.59 Å². The number of allylic oxidation sites excluding steroid dienone is 4. The van der Waals surface area contributed by atoms with Crippen LogP contribution in [0.2, 0.25) is 0 Å². The molecular weight excluding hydrogens is 827 g/mol. The van der Waals surface area contributed by atoms with Gasteiger partial charge < -0.3 is 20.3 Å². The molecule has 0 aromatic heterocycles. The number of carbonyl (C=O) groups is 2. The van der Waals surface area contributed by atoms with Crippen LogP contribution in [0.25, 0.3) is 0 Å². The topological polar surface area (TPSA) is 95.9 Å². The monoisotopic (exact) mass is 944 g/mol. The van der Waals surface area contributed by atoms with E-state index in [1.54, 1.807) is 0 Å². The average molecular weight is 945 g/mol. The maximum Gasteiger partial charge on any atom is 0.305 e. The molecule has 2 unspecified atom stereocenters. The van der Waals surface area contributed by atoms with Crippen LogP contribution in [-0.4, -0.2) is 47.4 Å². The smallest absolute Gasteiger partial charge is 0.305 e. The highest BCUT2D eigenvalue weighted by atomic mass is 16.5. The van der Waals surface area contributed by atoms with Crippen molar-refractivity contribution in [2.24, 2.45) is 0 Å². The molecule has 0 aliphatic rings. The van der Waals surface area contributed by atoms with Crippen LogP contribution in [0.1, 0.15) is 328 Å². The molecular formula is C61H117NO5. The molecule has 0 radical (unpaired) electrons. The fourth-order valence-corrected chi connectivity index (χ4v) is 9.38. The van der Waals surface area contributed by atoms with E-state index in [2.05, 4.69) is 43.5 Å². The molecule has 6 heteroatoms. The number of nitrogens with one attached hydrogen (secondary N) is 1. The Bertz CT molecular complexity index is 1040. The van der Waals surface area contributed by atoms with E-state index in [9.17, 15) is 19.8 Å². The number of ether oxygens (including phenoxy) is 1. The van der Waals surface area contributed by atoms with Gasteiger partial charge >= 0.3 is 5.97 Å². The van der Waals surface area contributed by atoms with Gasteiger partial charge in [0.1, 0.15) is 0 Å². The molecule has 0 aliphatic heterocycles. The lowest BCUT2D eigenvalue weighted by Crippen LogP contribution is -2.45. The second kappa shape index (κ2) is 56.9. The summed E-state index contributed by atoms with van der Waals surface area (Å²) in [5, 5.41) is 23.3. The second-order valence-electron chi connectivity index (χ2n) is 20.7. The van der Waals surface area contributed by atoms with E-state index in [-0.39, 0.29) is 18.5 Å². The molecule has 6 nitrogen and oxygen atoms in total. The van der Waals surface area contributed by atoms with Crippen LogP contribution in [0.3, 0.4) is 0 Å². The number of aliphatic hydroxyl groups excluding tert-OH is 2. The summed E-state index contributed by atoms with van der Waals surface area (Å²) in [6.07, 6.45) is 68.9. The van der Waals surface area contributed by atoms with Gasteiger partial charge in [0.15, 0.2) is 0 Å². The van der Waals surface area contributed by atoms with Crippen molar-refractivity contribution < 1.29 is 24.5 Å². The lowest BCUT2D eigenvalue weighted by atomic mass is 10.0. The third-order valence-electron chi connectivity index (χ3n) is 14.0. The number of hydrogen-bond donors (Lipinski definition) is 3. The van der Waals surface area contributed by atoms with Crippen LogP contribution in [0.15, 0.2) is 24.3 Å². The standard InChI is InChI=1S/C61H117NO5/c1-3-5-7-9-11-13-15-17-19-20-21-23-26-29-33-37-41-45-49-53-59(64)58(57-63)62-60(65)54-50-46-42-38-34-30-27-24-22-25-28-32-36-40-44-48-52-56-67-61(66)55-51-47-43-39-35-31-18-16-14-12-10-8-6-4-2/h22,25,32,36,58-59,63-64H,3-21,23-24,26-31,33-35,37-57H2,1-2H3,(H,62,65)/b25-22-,36-32-. The highest BCUT2D eigenvalue weighted by Gasteiger charge is 2.20. The molecule has 0 aromatic carbocycles. The zero-order valence-corrected chi connectivity index (χ0v) is 45.1. The normalized spacial score (nSPS) is 12.7. The molecule has 0 spiro atoms.